The summed E-state index contributed by atoms with van der Waals surface area (Å²) in [7, 11) is 0. The van der Waals surface area contributed by atoms with E-state index in [1.54, 1.807) is 24.5 Å². The summed E-state index contributed by atoms with van der Waals surface area (Å²) in [5, 5.41) is 8.72. The minimum Gasteiger partial charge on any atom is -0.480 e. The van der Waals surface area contributed by atoms with Crippen LogP contribution in [0.3, 0.4) is 0 Å². The predicted octanol–water partition coefficient (Wildman–Crippen LogP) is 0.947. The quantitative estimate of drug-likeness (QED) is 0.798. The first-order valence-corrected chi connectivity index (χ1v) is 5.52. The SMILES string of the molecule is CCCN(CC(=O)O)C(=O)Cc1ccncc1. The lowest BCUT2D eigenvalue weighted by Crippen LogP contribution is -2.37. The molecule has 5 nitrogen and oxygen atoms in total. The Morgan fingerprint density at radius 1 is 1.35 bits per heavy atom. The van der Waals surface area contributed by atoms with Crippen LogP contribution in [0.15, 0.2) is 24.5 Å². The average molecular weight is 236 g/mol. The van der Waals surface area contributed by atoms with Gasteiger partial charge >= 0.3 is 5.97 Å². The van der Waals surface area contributed by atoms with Gasteiger partial charge in [-0.25, -0.2) is 0 Å². The molecule has 0 unspecified atom stereocenters. The Hall–Kier alpha value is -1.91. The van der Waals surface area contributed by atoms with Crippen LogP contribution in [0.2, 0.25) is 0 Å². The molecular formula is C12H16N2O3. The second kappa shape index (κ2) is 6.62. The number of carboxylic acid groups (broad SMARTS) is 1. The van der Waals surface area contributed by atoms with Gasteiger partial charge < -0.3 is 10.0 Å². The number of nitrogens with zero attached hydrogens (tertiary/aromatic N) is 2. The van der Waals surface area contributed by atoms with E-state index in [9.17, 15) is 9.59 Å². The van der Waals surface area contributed by atoms with Gasteiger partial charge in [-0.15, -0.1) is 0 Å². The van der Waals surface area contributed by atoms with Crippen molar-refractivity contribution in [2.24, 2.45) is 0 Å². The summed E-state index contributed by atoms with van der Waals surface area (Å²) in [6, 6.07) is 3.51. The van der Waals surface area contributed by atoms with Crippen LogP contribution in [0.25, 0.3) is 0 Å². The van der Waals surface area contributed by atoms with Crippen LogP contribution in [-0.2, 0) is 16.0 Å². The van der Waals surface area contributed by atoms with Crippen molar-refractivity contribution in [3.8, 4) is 0 Å². The van der Waals surface area contributed by atoms with Crippen LogP contribution in [0.5, 0.6) is 0 Å². The number of amides is 1. The van der Waals surface area contributed by atoms with Crippen LogP contribution in [-0.4, -0.2) is 40.0 Å². The van der Waals surface area contributed by atoms with Crippen LogP contribution >= 0.6 is 0 Å². The fourth-order valence-electron chi connectivity index (χ4n) is 1.51. The van der Waals surface area contributed by atoms with Crippen LogP contribution in [0, 0.1) is 0 Å². The van der Waals surface area contributed by atoms with Gasteiger partial charge in [0.05, 0.1) is 6.42 Å². The lowest BCUT2D eigenvalue weighted by molar-refractivity contribution is -0.144. The molecule has 5 heteroatoms. The number of rotatable bonds is 6. The predicted molar refractivity (Wildman–Crippen MR) is 62.4 cm³/mol. The number of carbonyl (C=O) groups excluding carboxylic acids is 1. The second-order valence-corrected chi connectivity index (χ2v) is 3.74. The Labute approximate surface area is 100 Å². The van der Waals surface area contributed by atoms with Crippen LogP contribution < -0.4 is 0 Å². The summed E-state index contributed by atoms with van der Waals surface area (Å²) in [5.41, 5.74) is 0.844. The fourth-order valence-corrected chi connectivity index (χ4v) is 1.51. The Balaban J connectivity index is 2.62. The van der Waals surface area contributed by atoms with E-state index in [1.807, 2.05) is 6.92 Å². The number of carbonyl (C=O) groups is 2. The van der Waals surface area contributed by atoms with Crippen LogP contribution in [0.4, 0.5) is 0 Å². The van der Waals surface area contributed by atoms with E-state index < -0.39 is 5.97 Å². The van der Waals surface area contributed by atoms with Gasteiger partial charge in [0, 0.05) is 18.9 Å². The van der Waals surface area contributed by atoms with Gasteiger partial charge in [0.1, 0.15) is 6.54 Å². The van der Waals surface area contributed by atoms with E-state index in [1.165, 1.54) is 4.90 Å². The molecule has 0 fully saturated rings. The Morgan fingerprint density at radius 3 is 2.53 bits per heavy atom. The van der Waals surface area contributed by atoms with Crippen molar-refractivity contribution < 1.29 is 14.7 Å². The maximum atomic E-state index is 11.9. The molecule has 0 atom stereocenters. The first-order valence-electron chi connectivity index (χ1n) is 5.52. The molecule has 0 radical (unpaired) electrons. The summed E-state index contributed by atoms with van der Waals surface area (Å²) >= 11 is 0. The number of aliphatic carboxylic acids is 1. The summed E-state index contributed by atoms with van der Waals surface area (Å²) in [6.45, 7) is 2.14. The maximum absolute atomic E-state index is 11.9. The largest absolute Gasteiger partial charge is 0.480 e. The molecule has 1 rings (SSSR count). The molecule has 0 aromatic carbocycles. The molecule has 0 aliphatic carbocycles. The smallest absolute Gasteiger partial charge is 0.323 e. The molecule has 1 aromatic heterocycles. The molecule has 0 aliphatic heterocycles. The molecule has 17 heavy (non-hydrogen) atoms. The topological polar surface area (TPSA) is 70.5 Å². The highest BCUT2D eigenvalue weighted by Gasteiger charge is 2.15. The molecule has 0 saturated carbocycles. The van der Waals surface area contributed by atoms with E-state index in [2.05, 4.69) is 4.98 Å². The summed E-state index contributed by atoms with van der Waals surface area (Å²) < 4.78 is 0. The normalized spacial score (nSPS) is 9.94. The monoisotopic (exact) mass is 236 g/mol. The van der Waals surface area contributed by atoms with Crippen molar-refractivity contribution in [2.45, 2.75) is 19.8 Å². The van der Waals surface area contributed by atoms with E-state index in [0.29, 0.717) is 6.54 Å². The maximum Gasteiger partial charge on any atom is 0.323 e. The van der Waals surface area contributed by atoms with Crippen molar-refractivity contribution in [1.82, 2.24) is 9.88 Å². The van der Waals surface area contributed by atoms with E-state index in [-0.39, 0.29) is 18.9 Å². The van der Waals surface area contributed by atoms with Crippen molar-refractivity contribution in [3.05, 3.63) is 30.1 Å². The van der Waals surface area contributed by atoms with Crippen molar-refractivity contribution in [1.29, 1.82) is 0 Å². The summed E-state index contributed by atoms with van der Waals surface area (Å²) in [4.78, 5) is 27.7. The minimum absolute atomic E-state index is 0.166. The van der Waals surface area contributed by atoms with Gasteiger partial charge in [-0.2, -0.15) is 0 Å². The summed E-state index contributed by atoms with van der Waals surface area (Å²) in [5.74, 6) is -1.15. The third kappa shape index (κ3) is 4.63. The fraction of sp³-hybridized carbons (Fsp3) is 0.417. The van der Waals surface area contributed by atoms with E-state index in [4.69, 9.17) is 5.11 Å². The Kier molecular flexibility index (Phi) is 5.13. The van der Waals surface area contributed by atoms with Crippen molar-refractivity contribution in [3.63, 3.8) is 0 Å². The Morgan fingerprint density at radius 2 is 2.00 bits per heavy atom. The molecule has 0 bridgehead atoms. The highest BCUT2D eigenvalue weighted by atomic mass is 16.4. The number of carboxylic acids is 1. The highest BCUT2D eigenvalue weighted by Crippen LogP contribution is 2.02. The standard InChI is InChI=1S/C12H16N2O3/c1-2-7-14(9-12(16)17)11(15)8-10-3-5-13-6-4-10/h3-6H,2,7-9H2,1H3,(H,16,17). The lowest BCUT2D eigenvalue weighted by Gasteiger charge is -2.19. The molecular weight excluding hydrogens is 220 g/mol. The second-order valence-electron chi connectivity index (χ2n) is 3.74. The van der Waals surface area contributed by atoms with Gasteiger partial charge in [-0.3, -0.25) is 14.6 Å². The third-order valence-corrected chi connectivity index (χ3v) is 2.28. The van der Waals surface area contributed by atoms with Crippen molar-refractivity contribution >= 4 is 11.9 Å². The zero-order valence-electron chi connectivity index (χ0n) is 9.80. The molecule has 1 N–H and O–H groups in total. The highest BCUT2D eigenvalue weighted by molar-refractivity contribution is 5.82. The van der Waals surface area contributed by atoms with Gasteiger partial charge in [-0.05, 0) is 24.1 Å². The average Bonchev–Trinajstić information content (AvgIpc) is 2.29. The summed E-state index contributed by atoms with van der Waals surface area (Å²) in [6.07, 6.45) is 4.19. The number of pyridine rings is 1. The number of hydrogen-bond donors (Lipinski definition) is 1. The molecule has 0 aliphatic rings. The Bertz CT molecular complexity index is 379. The molecule has 0 spiro atoms. The van der Waals surface area contributed by atoms with Gasteiger partial charge in [0.2, 0.25) is 5.91 Å². The van der Waals surface area contributed by atoms with Gasteiger partial charge in [-0.1, -0.05) is 6.92 Å². The third-order valence-electron chi connectivity index (χ3n) is 2.28. The zero-order valence-corrected chi connectivity index (χ0v) is 9.80. The van der Waals surface area contributed by atoms with Gasteiger partial charge in [0.25, 0.3) is 0 Å². The molecule has 1 heterocycles. The molecule has 0 saturated heterocycles. The first kappa shape index (κ1) is 13.2. The minimum atomic E-state index is -0.985. The molecule has 92 valence electrons. The van der Waals surface area contributed by atoms with E-state index >= 15 is 0 Å². The van der Waals surface area contributed by atoms with Crippen molar-refractivity contribution in [2.75, 3.05) is 13.1 Å². The van der Waals surface area contributed by atoms with Crippen LogP contribution in [0.1, 0.15) is 18.9 Å². The number of aromatic nitrogens is 1. The molecule has 1 amide bonds. The zero-order chi connectivity index (χ0) is 12.7. The first-order chi connectivity index (χ1) is 8.13. The van der Waals surface area contributed by atoms with Gasteiger partial charge in [0.15, 0.2) is 0 Å². The number of hydrogen-bond acceptors (Lipinski definition) is 3. The molecule has 1 aromatic rings. The lowest BCUT2D eigenvalue weighted by atomic mass is 10.2. The van der Waals surface area contributed by atoms with E-state index in [0.717, 1.165) is 12.0 Å².